The lowest BCUT2D eigenvalue weighted by Gasteiger charge is -2.28. The van der Waals surface area contributed by atoms with Gasteiger partial charge in [-0.2, -0.15) is 0 Å². The van der Waals surface area contributed by atoms with Crippen LogP contribution in [-0.2, 0) is 37.5 Å². The maximum absolute atomic E-state index is 12.6. The van der Waals surface area contributed by atoms with E-state index < -0.39 is 32.5 Å². The van der Waals surface area contributed by atoms with Crippen LogP contribution in [0.2, 0.25) is 0 Å². The van der Waals surface area contributed by atoms with Crippen LogP contribution >= 0.6 is 7.82 Å². The van der Waals surface area contributed by atoms with Crippen molar-refractivity contribution in [2.45, 2.75) is 142 Å². The number of allylic oxidation sites excluding steroid dienone is 12. The molecule has 0 saturated heterocycles. The van der Waals surface area contributed by atoms with Gasteiger partial charge in [0.25, 0.3) is 7.82 Å². The largest absolute Gasteiger partial charge is 0.756 e. The van der Waals surface area contributed by atoms with Crippen molar-refractivity contribution in [2.24, 2.45) is 0 Å². The summed E-state index contributed by atoms with van der Waals surface area (Å²) in [6.45, 7) is 3.84. The van der Waals surface area contributed by atoms with Crippen molar-refractivity contribution in [3.63, 3.8) is 0 Å². The first-order valence-corrected chi connectivity index (χ1v) is 22.1. The minimum Gasteiger partial charge on any atom is -0.756 e. The maximum atomic E-state index is 12.6. The molecule has 0 N–H and O–H groups in total. The second-order valence-electron chi connectivity index (χ2n) is 14.6. The van der Waals surface area contributed by atoms with E-state index in [1.807, 2.05) is 33.3 Å². The summed E-state index contributed by atoms with van der Waals surface area (Å²) in [5.41, 5.74) is 0. The number of rotatable bonds is 36. The first-order chi connectivity index (χ1) is 26.4. The van der Waals surface area contributed by atoms with Gasteiger partial charge in [0.15, 0.2) is 11.9 Å². The van der Waals surface area contributed by atoms with E-state index >= 15 is 0 Å². The van der Waals surface area contributed by atoms with Gasteiger partial charge in [-0.1, -0.05) is 113 Å². The summed E-state index contributed by atoms with van der Waals surface area (Å²) in [4.78, 5) is 49.5. The van der Waals surface area contributed by atoms with Gasteiger partial charge in [-0.15, -0.1) is 0 Å². The quantitative estimate of drug-likeness (QED) is 0.0116. The molecule has 0 amide bonds. The van der Waals surface area contributed by atoms with Crippen molar-refractivity contribution < 1.29 is 46.8 Å². The first kappa shape index (κ1) is 52.1. The number of unbranched alkanes of at least 4 members (excludes halogenated alkanes) is 9. The summed E-state index contributed by atoms with van der Waals surface area (Å²) in [5.74, 6) is -0.868. The van der Waals surface area contributed by atoms with Gasteiger partial charge in [-0.25, -0.2) is 0 Å². The van der Waals surface area contributed by atoms with E-state index in [4.69, 9.17) is 18.5 Å². The fraction of sp³-hybridized carbons (Fsp3) is 0.659. The standard InChI is InChI=1S/C44H74NO9P/c1-6-8-10-12-14-15-16-17-18-19-20-21-23-27-32-36-44(48)54-42(40-53-55(49,50)52-38-37-45(3,4)5)39-51-43(47)35-31-28-24-26-30-34-41(46)33-29-25-22-13-11-9-7-2/h8,10,14-15,17-18,20-22,25,29,33,42H,6-7,9,11-13,16,19,23-24,26-28,30-32,34-40H2,1-5H3/b10-8-,15-14-,18-17-,21-20-,25-22-,33-29+/t42-/m1/s1. The molecule has 55 heavy (non-hydrogen) atoms. The Morgan fingerprint density at radius 3 is 1.85 bits per heavy atom. The van der Waals surface area contributed by atoms with Crippen LogP contribution in [0, 0.1) is 0 Å². The van der Waals surface area contributed by atoms with Crippen LogP contribution in [0.25, 0.3) is 0 Å². The van der Waals surface area contributed by atoms with Gasteiger partial charge < -0.3 is 27.9 Å². The number of nitrogens with zero attached hydrogens (tertiary/aromatic N) is 1. The number of quaternary nitrogens is 1. The Hall–Kier alpha value is -2.88. The van der Waals surface area contributed by atoms with E-state index in [9.17, 15) is 23.8 Å². The van der Waals surface area contributed by atoms with Gasteiger partial charge in [-0.3, -0.25) is 18.9 Å². The Morgan fingerprint density at radius 1 is 0.636 bits per heavy atom. The molecule has 0 aromatic heterocycles. The molecule has 11 heteroatoms. The number of carbonyl (C=O) groups is 3. The number of ketones is 1. The summed E-state index contributed by atoms with van der Waals surface area (Å²) in [6.07, 6.45) is 39.0. The summed E-state index contributed by atoms with van der Waals surface area (Å²) >= 11 is 0. The van der Waals surface area contributed by atoms with Crippen LogP contribution in [0.3, 0.4) is 0 Å². The van der Waals surface area contributed by atoms with E-state index in [2.05, 4.69) is 68.5 Å². The molecule has 2 atom stereocenters. The van der Waals surface area contributed by atoms with Gasteiger partial charge in [0.1, 0.15) is 19.8 Å². The third kappa shape index (κ3) is 39.2. The number of ether oxygens (including phenoxy) is 2. The highest BCUT2D eigenvalue weighted by Crippen LogP contribution is 2.38. The van der Waals surface area contributed by atoms with Crippen LogP contribution in [0.5, 0.6) is 0 Å². The fourth-order valence-corrected chi connectivity index (χ4v) is 5.65. The van der Waals surface area contributed by atoms with E-state index in [0.29, 0.717) is 30.3 Å². The van der Waals surface area contributed by atoms with E-state index in [1.54, 1.807) is 6.08 Å². The van der Waals surface area contributed by atoms with Crippen LogP contribution in [0.4, 0.5) is 0 Å². The molecule has 0 fully saturated rings. The van der Waals surface area contributed by atoms with Crippen LogP contribution in [-0.4, -0.2) is 75.8 Å². The zero-order valence-electron chi connectivity index (χ0n) is 34.8. The smallest absolute Gasteiger partial charge is 0.306 e. The van der Waals surface area contributed by atoms with Gasteiger partial charge in [-0.05, 0) is 76.7 Å². The normalized spacial score (nSPS) is 14.3. The molecule has 314 valence electrons. The lowest BCUT2D eigenvalue weighted by atomic mass is 10.1. The number of phosphoric ester groups is 1. The lowest BCUT2D eigenvalue weighted by molar-refractivity contribution is -0.870. The second-order valence-corrected chi connectivity index (χ2v) is 16.1. The van der Waals surface area contributed by atoms with Crippen LogP contribution in [0.15, 0.2) is 72.9 Å². The van der Waals surface area contributed by atoms with Crippen molar-refractivity contribution in [1.29, 1.82) is 0 Å². The number of hydrogen-bond donors (Lipinski definition) is 0. The van der Waals surface area contributed by atoms with Crippen molar-refractivity contribution >= 4 is 25.5 Å². The zero-order valence-corrected chi connectivity index (χ0v) is 35.7. The molecule has 0 heterocycles. The Balaban J connectivity index is 4.57. The van der Waals surface area contributed by atoms with Crippen molar-refractivity contribution in [2.75, 3.05) is 47.5 Å². The summed E-state index contributed by atoms with van der Waals surface area (Å²) in [7, 11) is 1.06. The predicted molar refractivity (Wildman–Crippen MR) is 222 cm³/mol. The Kier molecular flexibility index (Phi) is 33.7. The van der Waals surface area contributed by atoms with Crippen molar-refractivity contribution in [1.82, 2.24) is 0 Å². The molecule has 10 nitrogen and oxygen atoms in total. The molecule has 1 unspecified atom stereocenters. The van der Waals surface area contributed by atoms with E-state index in [1.165, 1.54) is 19.3 Å². The second kappa shape index (κ2) is 35.5. The van der Waals surface area contributed by atoms with Gasteiger partial charge >= 0.3 is 11.9 Å². The molecule has 0 bridgehead atoms. The molecule has 0 aliphatic rings. The minimum absolute atomic E-state index is 0.0623. The highest BCUT2D eigenvalue weighted by molar-refractivity contribution is 7.45. The molecular formula is C44H74NO9P. The van der Waals surface area contributed by atoms with Gasteiger partial charge in [0, 0.05) is 19.3 Å². The lowest BCUT2D eigenvalue weighted by Crippen LogP contribution is -2.37. The monoisotopic (exact) mass is 792 g/mol. The minimum atomic E-state index is -4.66. The number of carbonyl (C=O) groups excluding carboxylic acids is 3. The third-order valence-corrected chi connectivity index (χ3v) is 9.15. The van der Waals surface area contributed by atoms with E-state index in [0.717, 1.165) is 70.6 Å². The molecule has 0 saturated carbocycles. The third-order valence-electron chi connectivity index (χ3n) is 8.19. The summed E-state index contributed by atoms with van der Waals surface area (Å²) in [6, 6.07) is 0. The van der Waals surface area contributed by atoms with Gasteiger partial charge in [0.2, 0.25) is 0 Å². The summed E-state index contributed by atoms with van der Waals surface area (Å²) in [5, 5.41) is 0. The molecule has 0 aromatic carbocycles. The highest BCUT2D eigenvalue weighted by atomic mass is 31.2. The van der Waals surface area contributed by atoms with Crippen molar-refractivity contribution in [3.8, 4) is 0 Å². The number of phosphoric acid groups is 1. The molecule has 0 spiro atoms. The van der Waals surface area contributed by atoms with Crippen LogP contribution < -0.4 is 4.89 Å². The number of likely N-dealkylation sites (N-methyl/N-ethyl adjacent to an activating group) is 1. The number of esters is 2. The maximum Gasteiger partial charge on any atom is 0.306 e. The Morgan fingerprint density at radius 2 is 1.20 bits per heavy atom. The molecular weight excluding hydrogens is 717 g/mol. The predicted octanol–water partition coefficient (Wildman–Crippen LogP) is 10.0. The van der Waals surface area contributed by atoms with Gasteiger partial charge in [0.05, 0.1) is 27.7 Å². The fourth-order valence-electron chi connectivity index (χ4n) is 4.92. The number of hydrogen-bond acceptors (Lipinski definition) is 9. The average molecular weight is 792 g/mol. The summed E-state index contributed by atoms with van der Waals surface area (Å²) < 4.78 is 33.7. The highest BCUT2D eigenvalue weighted by Gasteiger charge is 2.21. The average Bonchev–Trinajstić information content (AvgIpc) is 3.12. The van der Waals surface area contributed by atoms with Crippen LogP contribution in [0.1, 0.15) is 136 Å². The molecule has 0 aromatic rings. The topological polar surface area (TPSA) is 128 Å². The first-order valence-electron chi connectivity index (χ1n) is 20.6. The van der Waals surface area contributed by atoms with Crippen molar-refractivity contribution in [3.05, 3.63) is 72.9 Å². The molecule has 0 rings (SSSR count). The SMILES string of the molecule is CC/C=C\C/C=C\C/C=C\C/C=C\CCCCC(=O)O[C@H](COC(=O)CCCCCCCC(=O)/C=C/C=C\CCCCC)COP(=O)([O-])OCC[N+](C)(C)C. The molecule has 0 aliphatic carbocycles. The Bertz CT molecular complexity index is 1230. The molecule has 0 radical (unpaired) electrons. The molecule has 0 aliphatic heterocycles. The zero-order chi connectivity index (χ0) is 40.9. The van der Waals surface area contributed by atoms with E-state index in [-0.39, 0.29) is 31.8 Å². The Labute approximate surface area is 334 Å².